The Labute approximate surface area is 133 Å². The number of anilines is 1. The first-order chi connectivity index (χ1) is 10.7. The lowest BCUT2D eigenvalue weighted by Crippen LogP contribution is -2.05. The van der Waals surface area contributed by atoms with Gasteiger partial charge in [0.15, 0.2) is 0 Å². The molecule has 1 aromatic carbocycles. The fourth-order valence-corrected chi connectivity index (χ4v) is 3.04. The van der Waals surface area contributed by atoms with E-state index in [1.54, 1.807) is 19.1 Å². The van der Waals surface area contributed by atoms with Gasteiger partial charge in [-0.3, -0.25) is 10.7 Å². The molecule has 0 aliphatic carbocycles. The number of esters is 1. The Morgan fingerprint density at radius 3 is 2.64 bits per heavy atom. The third-order valence-corrected chi connectivity index (χ3v) is 4.31. The van der Waals surface area contributed by atoms with Crippen molar-refractivity contribution in [1.82, 2.24) is 4.98 Å². The fourth-order valence-electron chi connectivity index (χ4n) is 2.03. The molecule has 0 aliphatic heterocycles. The summed E-state index contributed by atoms with van der Waals surface area (Å²) in [7, 11) is 0. The van der Waals surface area contributed by atoms with Crippen molar-refractivity contribution < 1.29 is 14.7 Å². The highest BCUT2D eigenvalue weighted by Crippen LogP contribution is 2.30. The maximum Gasteiger partial charge on any atom is 0.350 e. The van der Waals surface area contributed by atoms with Gasteiger partial charge in [0.2, 0.25) is 0 Å². The van der Waals surface area contributed by atoms with Crippen LogP contribution in [0.4, 0.5) is 5.69 Å². The minimum atomic E-state index is -0.300. The Bertz CT molecular complexity index is 623. The molecule has 6 heteroatoms. The lowest BCUT2D eigenvalue weighted by Gasteiger charge is -2.01. The predicted octanol–water partition coefficient (Wildman–Crippen LogP) is 4.13. The third-order valence-electron chi connectivity index (χ3n) is 3.19. The van der Waals surface area contributed by atoms with Gasteiger partial charge in [-0.1, -0.05) is 13.3 Å². The average Bonchev–Trinajstić information content (AvgIpc) is 2.97. The number of nitrogens with zero attached hydrogens (tertiary/aromatic N) is 1. The molecule has 22 heavy (non-hydrogen) atoms. The molecule has 0 amide bonds. The predicted molar refractivity (Wildman–Crippen MR) is 87.5 cm³/mol. The number of benzene rings is 1. The van der Waals surface area contributed by atoms with Crippen LogP contribution < -0.4 is 5.48 Å². The second-order valence-electron chi connectivity index (χ2n) is 4.81. The van der Waals surface area contributed by atoms with Crippen LogP contribution in [0.15, 0.2) is 24.3 Å². The second-order valence-corrected chi connectivity index (χ2v) is 5.81. The number of aromatic nitrogens is 1. The highest BCUT2D eigenvalue weighted by Gasteiger charge is 2.19. The number of hydrogen-bond acceptors (Lipinski definition) is 6. The summed E-state index contributed by atoms with van der Waals surface area (Å²) in [6, 6.07) is 7.23. The minimum Gasteiger partial charge on any atom is -0.462 e. The van der Waals surface area contributed by atoms with Gasteiger partial charge < -0.3 is 4.74 Å². The van der Waals surface area contributed by atoms with Crippen molar-refractivity contribution in [3.05, 3.63) is 34.8 Å². The molecule has 2 N–H and O–H groups in total. The van der Waals surface area contributed by atoms with Gasteiger partial charge in [-0.05, 0) is 44.0 Å². The van der Waals surface area contributed by atoms with Crippen LogP contribution in [-0.2, 0) is 11.2 Å². The molecule has 0 spiro atoms. The normalized spacial score (nSPS) is 10.5. The van der Waals surface area contributed by atoms with E-state index in [1.165, 1.54) is 11.3 Å². The van der Waals surface area contributed by atoms with Crippen molar-refractivity contribution in [1.29, 1.82) is 0 Å². The molecule has 2 aromatic rings. The molecule has 0 saturated carbocycles. The molecule has 0 bridgehead atoms. The molecular formula is C16H20N2O3S. The summed E-state index contributed by atoms with van der Waals surface area (Å²) in [5, 5.41) is 9.64. The van der Waals surface area contributed by atoms with Crippen molar-refractivity contribution in [3.63, 3.8) is 0 Å². The molecule has 1 aromatic heterocycles. The van der Waals surface area contributed by atoms with E-state index in [-0.39, 0.29) is 5.97 Å². The Kier molecular flexibility index (Phi) is 5.91. The molecule has 0 radical (unpaired) electrons. The summed E-state index contributed by atoms with van der Waals surface area (Å²) < 4.78 is 5.12. The van der Waals surface area contributed by atoms with E-state index in [4.69, 9.17) is 9.94 Å². The number of rotatable bonds is 7. The van der Waals surface area contributed by atoms with Crippen molar-refractivity contribution in [2.45, 2.75) is 33.1 Å². The summed E-state index contributed by atoms with van der Waals surface area (Å²) in [5.41, 5.74) is 4.43. The van der Waals surface area contributed by atoms with Gasteiger partial charge in [0.05, 0.1) is 18.0 Å². The van der Waals surface area contributed by atoms with E-state index in [0.29, 0.717) is 17.2 Å². The van der Waals surface area contributed by atoms with Crippen LogP contribution in [0.1, 0.15) is 42.1 Å². The summed E-state index contributed by atoms with van der Waals surface area (Å²) >= 11 is 1.36. The molecule has 5 nitrogen and oxygen atoms in total. The van der Waals surface area contributed by atoms with Crippen molar-refractivity contribution >= 4 is 23.0 Å². The number of ether oxygens (including phenoxy) is 1. The summed E-state index contributed by atoms with van der Waals surface area (Å²) in [4.78, 5) is 17.3. The third kappa shape index (κ3) is 3.84. The maximum absolute atomic E-state index is 12.1. The van der Waals surface area contributed by atoms with Crippen LogP contribution in [0.2, 0.25) is 0 Å². The quantitative estimate of drug-likeness (QED) is 0.593. The van der Waals surface area contributed by atoms with E-state index < -0.39 is 0 Å². The molecule has 0 atom stereocenters. The van der Waals surface area contributed by atoms with Crippen LogP contribution in [0.3, 0.4) is 0 Å². The van der Waals surface area contributed by atoms with Gasteiger partial charge in [-0.25, -0.2) is 9.78 Å². The summed E-state index contributed by atoms with van der Waals surface area (Å²) in [6.45, 7) is 4.26. The minimum absolute atomic E-state index is 0.300. The van der Waals surface area contributed by atoms with Gasteiger partial charge in [0.25, 0.3) is 0 Å². The first kappa shape index (κ1) is 16.5. The molecule has 0 saturated heterocycles. The molecule has 0 aliphatic rings. The largest absolute Gasteiger partial charge is 0.462 e. The number of hydrogen-bond donors (Lipinski definition) is 2. The van der Waals surface area contributed by atoms with Crippen LogP contribution in [0, 0.1) is 0 Å². The van der Waals surface area contributed by atoms with Crippen LogP contribution in [0.5, 0.6) is 0 Å². The Morgan fingerprint density at radius 1 is 1.32 bits per heavy atom. The lowest BCUT2D eigenvalue weighted by atomic mass is 10.2. The molecule has 118 valence electrons. The van der Waals surface area contributed by atoms with Crippen LogP contribution in [0.25, 0.3) is 10.6 Å². The Balaban J connectivity index is 2.32. The molecular weight excluding hydrogens is 300 g/mol. The zero-order valence-electron chi connectivity index (χ0n) is 12.8. The number of carbonyl (C=O) groups excluding carboxylic acids is 1. The highest BCUT2D eigenvalue weighted by atomic mass is 32.1. The smallest absolute Gasteiger partial charge is 0.350 e. The second kappa shape index (κ2) is 7.91. The van der Waals surface area contributed by atoms with Gasteiger partial charge in [-0.15, -0.1) is 11.3 Å². The van der Waals surface area contributed by atoms with E-state index in [1.807, 2.05) is 12.1 Å². The standard InChI is InChI=1S/C16H20N2O3S/c1-3-5-6-13-14(16(19)21-4-2)22-15(17-13)11-7-9-12(18-20)10-8-11/h7-10,18,20H,3-6H2,1-2H3. The van der Waals surface area contributed by atoms with E-state index in [9.17, 15) is 4.79 Å². The maximum atomic E-state index is 12.1. The monoisotopic (exact) mass is 320 g/mol. The van der Waals surface area contributed by atoms with E-state index in [2.05, 4.69) is 17.4 Å². The number of nitrogens with one attached hydrogen (secondary N) is 1. The SMILES string of the molecule is CCCCc1nc(-c2ccc(NO)cc2)sc1C(=O)OCC. The van der Waals surface area contributed by atoms with Gasteiger partial charge in [0.1, 0.15) is 9.88 Å². The Hall–Kier alpha value is -1.92. The fraction of sp³-hybridized carbons (Fsp3) is 0.375. The van der Waals surface area contributed by atoms with E-state index in [0.717, 1.165) is 35.5 Å². The first-order valence-corrected chi connectivity index (χ1v) is 8.18. The molecule has 0 unspecified atom stereocenters. The summed E-state index contributed by atoms with van der Waals surface area (Å²) in [6.07, 6.45) is 2.81. The zero-order valence-corrected chi connectivity index (χ0v) is 13.6. The van der Waals surface area contributed by atoms with Crippen molar-refractivity contribution in [2.24, 2.45) is 0 Å². The highest BCUT2D eigenvalue weighted by molar-refractivity contribution is 7.17. The topological polar surface area (TPSA) is 71.5 Å². The van der Waals surface area contributed by atoms with E-state index >= 15 is 0 Å². The summed E-state index contributed by atoms with van der Waals surface area (Å²) in [5.74, 6) is -0.300. The molecule has 2 rings (SSSR count). The first-order valence-electron chi connectivity index (χ1n) is 7.37. The van der Waals surface area contributed by atoms with Crippen molar-refractivity contribution in [2.75, 3.05) is 12.1 Å². The van der Waals surface area contributed by atoms with Gasteiger partial charge in [0, 0.05) is 5.56 Å². The molecule has 0 fully saturated rings. The van der Waals surface area contributed by atoms with Crippen LogP contribution >= 0.6 is 11.3 Å². The lowest BCUT2D eigenvalue weighted by molar-refractivity contribution is 0.0530. The van der Waals surface area contributed by atoms with Crippen molar-refractivity contribution in [3.8, 4) is 10.6 Å². The Morgan fingerprint density at radius 2 is 2.05 bits per heavy atom. The average molecular weight is 320 g/mol. The number of aryl methyl sites for hydroxylation is 1. The van der Waals surface area contributed by atoms with Gasteiger partial charge in [-0.2, -0.15) is 0 Å². The van der Waals surface area contributed by atoms with Crippen LogP contribution in [-0.4, -0.2) is 22.8 Å². The number of unbranched alkanes of at least 4 members (excludes halogenated alkanes) is 1. The van der Waals surface area contributed by atoms with Gasteiger partial charge >= 0.3 is 5.97 Å². The zero-order chi connectivity index (χ0) is 15.9. The molecule has 1 heterocycles. The number of thiazole rings is 1. The number of carbonyl (C=O) groups is 1.